The molecule has 4 nitrogen and oxygen atoms in total. The van der Waals surface area contributed by atoms with Crippen LogP contribution in [0.25, 0.3) is 0 Å². The third kappa shape index (κ3) is 3.75. The first kappa shape index (κ1) is 14.9. The number of anilines is 1. The topological polar surface area (TPSA) is 56.1 Å². The first-order chi connectivity index (χ1) is 9.60. The molecule has 1 fully saturated rings. The summed E-state index contributed by atoms with van der Waals surface area (Å²) in [6, 6.07) is 8.87. The highest BCUT2D eigenvalue weighted by molar-refractivity contribution is 7.99. The van der Waals surface area contributed by atoms with Gasteiger partial charge in [0.25, 0.3) is 0 Å². The van der Waals surface area contributed by atoms with Gasteiger partial charge in [-0.3, -0.25) is 9.69 Å². The van der Waals surface area contributed by atoms with Crippen LogP contribution >= 0.6 is 11.8 Å². The summed E-state index contributed by atoms with van der Waals surface area (Å²) >= 11 is 1.96. The average Bonchev–Trinajstić information content (AvgIpc) is 2.47. The molecular formula is C15H19N3OS. The van der Waals surface area contributed by atoms with E-state index >= 15 is 0 Å². The van der Waals surface area contributed by atoms with Crippen molar-refractivity contribution < 1.29 is 4.79 Å². The van der Waals surface area contributed by atoms with Crippen LogP contribution in [0.4, 0.5) is 5.69 Å². The minimum Gasteiger partial charge on any atom is -0.325 e. The van der Waals surface area contributed by atoms with Crippen LogP contribution in [-0.2, 0) is 4.79 Å². The summed E-state index contributed by atoms with van der Waals surface area (Å²) in [7, 11) is 0. The summed E-state index contributed by atoms with van der Waals surface area (Å²) < 4.78 is 0. The van der Waals surface area contributed by atoms with Gasteiger partial charge in [-0.15, -0.1) is 0 Å². The van der Waals surface area contributed by atoms with Gasteiger partial charge >= 0.3 is 0 Å². The molecule has 0 bridgehead atoms. The van der Waals surface area contributed by atoms with E-state index in [1.807, 2.05) is 18.7 Å². The molecule has 0 saturated carbocycles. The molecular weight excluding hydrogens is 270 g/mol. The molecule has 5 heteroatoms. The normalized spacial score (nSPS) is 20.9. The number of carbonyl (C=O) groups is 1. The summed E-state index contributed by atoms with van der Waals surface area (Å²) in [6.45, 7) is 6.05. The number of carbonyl (C=O) groups excluding carboxylic acids is 1. The van der Waals surface area contributed by atoms with Crippen LogP contribution in [0.5, 0.6) is 0 Å². The molecule has 1 N–H and O–H groups in total. The molecule has 0 spiro atoms. The van der Waals surface area contributed by atoms with E-state index < -0.39 is 0 Å². The highest BCUT2D eigenvalue weighted by atomic mass is 32.2. The second-order valence-electron chi connectivity index (χ2n) is 5.03. The lowest BCUT2D eigenvalue weighted by Gasteiger charge is -2.34. The highest BCUT2D eigenvalue weighted by Gasteiger charge is 2.25. The lowest BCUT2D eigenvalue weighted by molar-refractivity contribution is -0.120. The molecule has 0 aromatic heterocycles. The van der Waals surface area contributed by atoms with Crippen LogP contribution < -0.4 is 5.32 Å². The lowest BCUT2D eigenvalue weighted by Crippen LogP contribution is -2.47. The summed E-state index contributed by atoms with van der Waals surface area (Å²) in [5.74, 6) is 1.09. The molecule has 0 radical (unpaired) electrons. The fraction of sp³-hybridized carbons (Fsp3) is 0.467. The highest BCUT2D eigenvalue weighted by Crippen LogP contribution is 2.20. The number of thioether (sulfide) groups is 1. The average molecular weight is 289 g/mol. The van der Waals surface area contributed by atoms with Gasteiger partial charge < -0.3 is 5.32 Å². The fourth-order valence-electron chi connectivity index (χ4n) is 2.24. The number of rotatable bonds is 3. The summed E-state index contributed by atoms with van der Waals surface area (Å²) in [6.07, 6.45) is 0. The van der Waals surface area contributed by atoms with Gasteiger partial charge in [0.15, 0.2) is 0 Å². The minimum atomic E-state index is -0.131. The van der Waals surface area contributed by atoms with Crippen molar-refractivity contribution in [1.82, 2.24) is 4.90 Å². The fourth-order valence-corrected chi connectivity index (χ4v) is 3.28. The summed E-state index contributed by atoms with van der Waals surface area (Å²) in [5, 5.41) is 12.2. The van der Waals surface area contributed by atoms with Crippen LogP contribution in [0.1, 0.15) is 19.4 Å². The van der Waals surface area contributed by atoms with E-state index in [4.69, 9.17) is 5.26 Å². The molecule has 2 rings (SSSR count). The minimum absolute atomic E-state index is 0.00816. The molecule has 1 aromatic rings. The van der Waals surface area contributed by atoms with Crippen LogP contribution in [0.3, 0.4) is 0 Å². The van der Waals surface area contributed by atoms with Crippen LogP contribution in [0, 0.1) is 11.3 Å². The molecule has 2 atom stereocenters. The van der Waals surface area contributed by atoms with E-state index in [1.165, 1.54) is 0 Å². The number of amides is 1. The first-order valence-electron chi connectivity index (χ1n) is 6.77. The zero-order valence-electron chi connectivity index (χ0n) is 11.8. The Balaban J connectivity index is 1.94. The predicted octanol–water partition coefficient (Wildman–Crippen LogP) is 2.32. The van der Waals surface area contributed by atoms with E-state index in [2.05, 4.69) is 23.2 Å². The van der Waals surface area contributed by atoms with Crippen molar-refractivity contribution in [2.45, 2.75) is 25.1 Å². The first-order valence-corrected chi connectivity index (χ1v) is 7.81. The van der Waals surface area contributed by atoms with Crippen molar-refractivity contribution in [3.05, 3.63) is 29.8 Å². The third-order valence-corrected chi connectivity index (χ3v) is 4.62. The van der Waals surface area contributed by atoms with Crippen molar-refractivity contribution in [1.29, 1.82) is 5.26 Å². The standard InChI is InChI=1S/C15H19N3OS/c1-11-10-18(7-8-20-11)12(2)15(19)17-14-5-3-13(9-16)4-6-14/h3-6,11-12H,7-8,10H2,1-2H3,(H,17,19). The number of hydrogen-bond acceptors (Lipinski definition) is 4. The predicted molar refractivity (Wildman–Crippen MR) is 82.7 cm³/mol. The third-order valence-electron chi connectivity index (χ3n) is 3.48. The smallest absolute Gasteiger partial charge is 0.241 e. The van der Waals surface area contributed by atoms with Crippen molar-refractivity contribution in [3.8, 4) is 6.07 Å². The van der Waals surface area contributed by atoms with Crippen LogP contribution in [0.2, 0.25) is 0 Å². The van der Waals surface area contributed by atoms with E-state index in [0.717, 1.165) is 24.5 Å². The molecule has 2 unspecified atom stereocenters. The van der Waals surface area contributed by atoms with Crippen molar-refractivity contribution in [2.24, 2.45) is 0 Å². The summed E-state index contributed by atoms with van der Waals surface area (Å²) in [4.78, 5) is 14.5. The van der Waals surface area contributed by atoms with Crippen LogP contribution in [0.15, 0.2) is 24.3 Å². The number of nitrogens with one attached hydrogen (secondary N) is 1. The van der Waals surface area contributed by atoms with Crippen LogP contribution in [-0.4, -0.2) is 40.9 Å². The van der Waals surface area contributed by atoms with Gasteiger partial charge in [-0.1, -0.05) is 6.92 Å². The Morgan fingerprint density at radius 1 is 1.50 bits per heavy atom. The number of nitriles is 1. The van der Waals surface area contributed by atoms with Gasteiger partial charge in [-0.25, -0.2) is 0 Å². The Hall–Kier alpha value is -1.51. The van der Waals surface area contributed by atoms with E-state index in [1.54, 1.807) is 24.3 Å². The molecule has 1 amide bonds. The second-order valence-corrected chi connectivity index (χ2v) is 6.58. The SMILES string of the molecule is CC1CN(C(C)C(=O)Nc2ccc(C#N)cc2)CCS1. The molecule has 1 aromatic carbocycles. The van der Waals surface area contributed by atoms with E-state index in [-0.39, 0.29) is 11.9 Å². The molecule has 1 saturated heterocycles. The maximum absolute atomic E-state index is 12.2. The van der Waals surface area contributed by atoms with Gasteiger partial charge in [0.2, 0.25) is 5.91 Å². The Morgan fingerprint density at radius 2 is 2.20 bits per heavy atom. The van der Waals surface area contributed by atoms with Gasteiger partial charge in [0.1, 0.15) is 0 Å². The van der Waals surface area contributed by atoms with Gasteiger partial charge in [-0.2, -0.15) is 17.0 Å². The summed E-state index contributed by atoms with van der Waals surface area (Å²) in [5.41, 5.74) is 1.33. The van der Waals surface area contributed by atoms with Gasteiger partial charge in [0.05, 0.1) is 17.7 Å². The molecule has 1 heterocycles. The molecule has 106 valence electrons. The maximum atomic E-state index is 12.2. The zero-order chi connectivity index (χ0) is 14.5. The maximum Gasteiger partial charge on any atom is 0.241 e. The van der Waals surface area contributed by atoms with Crippen molar-refractivity contribution in [2.75, 3.05) is 24.2 Å². The zero-order valence-corrected chi connectivity index (χ0v) is 12.6. The monoisotopic (exact) mass is 289 g/mol. The Kier molecular flexibility index (Phi) is 5.05. The molecule has 20 heavy (non-hydrogen) atoms. The number of benzene rings is 1. The molecule has 1 aliphatic heterocycles. The molecule has 0 aliphatic carbocycles. The number of hydrogen-bond donors (Lipinski definition) is 1. The van der Waals surface area contributed by atoms with Crippen molar-refractivity contribution in [3.63, 3.8) is 0 Å². The molecule has 1 aliphatic rings. The van der Waals surface area contributed by atoms with Gasteiger partial charge in [-0.05, 0) is 31.2 Å². The largest absolute Gasteiger partial charge is 0.325 e. The van der Waals surface area contributed by atoms with Crippen molar-refractivity contribution >= 4 is 23.4 Å². The number of nitrogens with zero attached hydrogens (tertiary/aromatic N) is 2. The quantitative estimate of drug-likeness (QED) is 0.928. The Labute approximate surface area is 124 Å². The van der Waals surface area contributed by atoms with E-state index in [0.29, 0.717) is 10.8 Å². The second kappa shape index (κ2) is 6.78. The Morgan fingerprint density at radius 3 is 2.80 bits per heavy atom. The lowest BCUT2D eigenvalue weighted by atomic mass is 10.2. The van der Waals surface area contributed by atoms with E-state index in [9.17, 15) is 4.79 Å². The van der Waals surface area contributed by atoms with Gasteiger partial charge in [0, 0.05) is 29.8 Å². The Bertz CT molecular complexity index is 509.